The molecule has 4 aliphatic carbocycles. The van der Waals surface area contributed by atoms with E-state index in [-0.39, 0.29) is 22.9 Å². The second kappa shape index (κ2) is 7.15. The number of halogens is 1. The number of carbonyl (C=O) groups excluding carboxylic acids is 1. The summed E-state index contributed by atoms with van der Waals surface area (Å²) in [4.78, 5) is 12.6. The van der Waals surface area contributed by atoms with Crippen LogP contribution in [0, 0.1) is 40.4 Å². The van der Waals surface area contributed by atoms with Crippen molar-refractivity contribution >= 4 is 21.7 Å². The predicted molar refractivity (Wildman–Crippen MR) is 106 cm³/mol. The highest BCUT2D eigenvalue weighted by Gasteiger charge is 2.62. The fraction of sp³-hybridized carbons (Fsp3) is 0.955. The maximum Gasteiger partial charge on any atom is 0.147 e. The fourth-order valence-corrected chi connectivity index (χ4v) is 8.59. The van der Waals surface area contributed by atoms with Gasteiger partial charge in [0.2, 0.25) is 0 Å². The quantitative estimate of drug-likeness (QED) is 0.668. The van der Waals surface area contributed by atoms with E-state index in [9.17, 15) is 9.90 Å². The number of methoxy groups -OCH3 is 1. The van der Waals surface area contributed by atoms with Crippen molar-refractivity contribution in [2.24, 2.45) is 40.4 Å². The van der Waals surface area contributed by atoms with Crippen molar-refractivity contribution in [2.45, 2.75) is 70.8 Å². The van der Waals surface area contributed by atoms with E-state index < -0.39 is 0 Å². The van der Waals surface area contributed by atoms with Gasteiger partial charge in [0.1, 0.15) is 5.78 Å². The van der Waals surface area contributed by atoms with Crippen molar-refractivity contribution in [1.29, 1.82) is 0 Å². The lowest BCUT2D eigenvalue weighted by molar-refractivity contribution is -0.160. The van der Waals surface area contributed by atoms with Crippen molar-refractivity contribution in [3.8, 4) is 0 Å². The first-order valence-electron chi connectivity index (χ1n) is 10.7. The van der Waals surface area contributed by atoms with Crippen LogP contribution in [0.1, 0.15) is 64.7 Å². The Kier molecular flexibility index (Phi) is 5.33. The summed E-state index contributed by atoms with van der Waals surface area (Å²) in [6.07, 6.45) is 10.2. The van der Waals surface area contributed by atoms with Gasteiger partial charge < -0.3 is 9.84 Å². The molecule has 0 aromatic heterocycles. The van der Waals surface area contributed by atoms with E-state index >= 15 is 0 Å². The average molecular weight is 427 g/mol. The maximum atomic E-state index is 12.6. The molecule has 0 radical (unpaired) electrons. The van der Waals surface area contributed by atoms with E-state index in [1.807, 2.05) is 7.11 Å². The molecule has 4 aliphatic rings. The number of ether oxygens (including phenoxy) is 1. The zero-order valence-corrected chi connectivity index (χ0v) is 18.0. The summed E-state index contributed by atoms with van der Waals surface area (Å²) in [7, 11) is 1.85. The van der Waals surface area contributed by atoms with Crippen molar-refractivity contribution < 1.29 is 14.6 Å². The van der Waals surface area contributed by atoms with Crippen LogP contribution in [0.5, 0.6) is 0 Å². The first-order chi connectivity index (χ1) is 12.5. The molecule has 1 N–H and O–H groups in total. The first kappa shape index (κ1) is 19.4. The van der Waals surface area contributed by atoms with Crippen LogP contribution < -0.4 is 0 Å². The molecule has 8 atom stereocenters. The van der Waals surface area contributed by atoms with Gasteiger partial charge in [0.25, 0.3) is 0 Å². The number of Topliss-reactive ketones (excluding diaryl/α,β-unsaturated/α-hetero) is 1. The second-order valence-electron chi connectivity index (χ2n) is 10.0. The van der Waals surface area contributed by atoms with Crippen molar-refractivity contribution in [3.63, 3.8) is 0 Å². The molecule has 0 aromatic rings. The normalized spacial score (nSPS) is 50.6. The number of aliphatic hydroxyl groups is 1. The van der Waals surface area contributed by atoms with Crippen molar-refractivity contribution in [3.05, 3.63) is 0 Å². The third-order valence-corrected chi connectivity index (χ3v) is 9.82. The molecular weight excluding hydrogens is 392 g/mol. The number of alkyl halides is 1. The Labute approximate surface area is 166 Å². The number of rotatable bonds is 4. The van der Waals surface area contributed by atoms with Gasteiger partial charge in [-0.2, -0.15) is 0 Å². The minimum Gasteiger partial charge on any atom is -0.393 e. The predicted octanol–water partition coefficient (Wildman–Crippen LogP) is 4.60. The molecular formula is C22H35BrO3. The lowest BCUT2D eigenvalue weighted by atomic mass is 9.44. The summed E-state index contributed by atoms with van der Waals surface area (Å²) in [5.74, 6) is 3.49. The van der Waals surface area contributed by atoms with Gasteiger partial charge >= 0.3 is 0 Å². The van der Waals surface area contributed by atoms with Crippen LogP contribution in [0.3, 0.4) is 0 Å². The van der Waals surface area contributed by atoms with Crippen molar-refractivity contribution in [1.82, 2.24) is 0 Å². The molecule has 0 saturated heterocycles. The molecule has 148 valence electrons. The SMILES string of the molecule is COCC12CC[C@@H](O)C[C@@H]1CC[C@@H]1[C@@H]2CC[C@]2(C)[C@@H](C(=O)CBr)CC[C@@H]12. The van der Waals surface area contributed by atoms with E-state index in [1.165, 1.54) is 32.1 Å². The molecule has 1 unspecified atom stereocenters. The number of hydrogen-bond acceptors (Lipinski definition) is 3. The summed E-state index contributed by atoms with van der Waals surface area (Å²) in [6, 6.07) is 0. The summed E-state index contributed by atoms with van der Waals surface area (Å²) in [6.45, 7) is 3.28. The Bertz CT molecular complexity index is 552. The van der Waals surface area contributed by atoms with Crippen LogP contribution in [0.2, 0.25) is 0 Å². The van der Waals surface area contributed by atoms with Gasteiger partial charge in [-0.3, -0.25) is 4.79 Å². The molecule has 0 aromatic carbocycles. The van der Waals surface area contributed by atoms with Crippen molar-refractivity contribution in [2.75, 3.05) is 19.0 Å². The fourth-order valence-electron chi connectivity index (χ4n) is 8.20. The molecule has 4 saturated carbocycles. The van der Waals surface area contributed by atoms with Crippen LogP contribution in [0.15, 0.2) is 0 Å². The third kappa shape index (κ3) is 2.76. The third-order valence-electron chi connectivity index (χ3n) is 9.27. The topological polar surface area (TPSA) is 46.5 Å². The Hall–Kier alpha value is 0.0700. The zero-order chi connectivity index (χ0) is 18.5. The minimum atomic E-state index is -0.109. The largest absolute Gasteiger partial charge is 0.393 e. The molecule has 26 heavy (non-hydrogen) atoms. The van der Waals surface area contributed by atoms with Crippen LogP contribution in [-0.4, -0.2) is 36.0 Å². The summed E-state index contributed by atoms with van der Waals surface area (Å²) in [5.41, 5.74) is 0.483. The highest BCUT2D eigenvalue weighted by atomic mass is 79.9. The molecule has 0 spiro atoms. The zero-order valence-electron chi connectivity index (χ0n) is 16.4. The molecule has 4 fully saturated rings. The smallest absolute Gasteiger partial charge is 0.147 e. The Balaban J connectivity index is 1.63. The van der Waals surface area contributed by atoms with Gasteiger partial charge in [0.05, 0.1) is 18.0 Å². The molecule has 0 heterocycles. The van der Waals surface area contributed by atoms with E-state index in [0.29, 0.717) is 22.9 Å². The highest BCUT2D eigenvalue weighted by Crippen LogP contribution is 2.67. The standard InChI is InChI=1S/C22H35BrO3/c1-21-9-8-18-16(17(21)5-6-19(21)20(25)12-23)4-3-14-11-15(24)7-10-22(14,18)13-26-2/h14-19,24H,3-13H2,1-2H3/t14-,15+,16-,17-,18-,19+,21-,22?/m0/s1. The van der Waals surface area contributed by atoms with Gasteiger partial charge in [-0.25, -0.2) is 0 Å². The Morgan fingerprint density at radius 1 is 1.12 bits per heavy atom. The van der Waals surface area contributed by atoms with E-state index in [1.54, 1.807) is 0 Å². The maximum absolute atomic E-state index is 12.6. The number of fused-ring (bicyclic) bond motifs is 5. The highest BCUT2D eigenvalue weighted by molar-refractivity contribution is 9.09. The van der Waals surface area contributed by atoms with Crippen LogP contribution in [0.25, 0.3) is 0 Å². The van der Waals surface area contributed by atoms with Gasteiger partial charge in [0, 0.05) is 13.0 Å². The van der Waals surface area contributed by atoms with Crippen LogP contribution in [0.4, 0.5) is 0 Å². The van der Waals surface area contributed by atoms with E-state index in [2.05, 4.69) is 22.9 Å². The number of hydrogen-bond donors (Lipinski definition) is 1. The summed E-state index contributed by atoms with van der Waals surface area (Å²) >= 11 is 3.42. The Morgan fingerprint density at radius 2 is 1.92 bits per heavy atom. The van der Waals surface area contributed by atoms with E-state index in [0.717, 1.165) is 44.1 Å². The molecule has 0 amide bonds. The molecule has 0 aliphatic heterocycles. The molecule has 3 nitrogen and oxygen atoms in total. The minimum absolute atomic E-state index is 0.109. The molecule has 0 bridgehead atoms. The number of carbonyl (C=O) groups is 1. The Morgan fingerprint density at radius 3 is 2.65 bits per heavy atom. The first-order valence-corrected chi connectivity index (χ1v) is 11.8. The van der Waals surface area contributed by atoms with Gasteiger partial charge in [-0.05, 0) is 92.3 Å². The van der Waals surface area contributed by atoms with Gasteiger partial charge in [-0.15, -0.1) is 0 Å². The lowest BCUT2D eigenvalue weighted by Crippen LogP contribution is -2.57. The van der Waals surface area contributed by atoms with Crippen LogP contribution >= 0.6 is 15.9 Å². The summed E-state index contributed by atoms with van der Waals surface area (Å²) in [5, 5.41) is 10.8. The lowest BCUT2D eigenvalue weighted by Gasteiger charge is -2.61. The van der Waals surface area contributed by atoms with Crippen LogP contribution in [-0.2, 0) is 9.53 Å². The average Bonchev–Trinajstić information content (AvgIpc) is 2.99. The monoisotopic (exact) mass is 426 g/mol. The van der Waals surface area contributed by atoms with Gasteiger partial charge in [-0.1, -0.05) is 22.9 Å². The summed E-state index contributed by atoms with van der Waals surface area (Å²) < 4.78 is 5.80. The molecule has 4 heteroatoms. The molecule has 4 rings (SSSR count). The number of aliphatic hydroxyl groups excluding tert-OH is 1. The number of ketones is 1. The second-order valence-corrected chi connectivity index (χ2v) is 10.6. The van der Waals surface area contributed by atoms with Gasteiger partial charge in [0.15, 0.2) is 0 Å². The van der Waals surface area contributed by atoms with E-state index in [4.69, 9.17) is 4.74 Å².